The Labute approximate surface area is 186 Å². The Bertz CT molecular complexity index is 661. The van der Waals surface area contributed by atoms with Gasteiger partial charge in [-0.05, 0) is 61.1 Å². The molecular formula is C25H40F3NO2. The Hall–Kier alpha value is -1.72. The fraction of sp³-hybridized carbons (Fsp3) is 0.720. The lowest BCUT2D eigenvalue weighted by atomic mass is 9.57. The van der Waals surface area contributed by atoms with Gasteiger partial charge in [0, 0.05) is 13.6 Å². The molecule has 0 heterocycles. The van der Waals surface area contributed by atoms with E-state index in [2.05, 4.69) is 13.8 Å². The molecule has 31 heavy (non-hydrogen) atoms. The Balaban J connectivity index is 0.00000233. The summed E-state index contributed by atoms with van der Waals surface area (Å²) in [6, 6.07) is 5.68. The van der Waals surface area contributed by atoms with Crippen LogP contribution in [0.25, 0.3) is 0 Å². The largest absolute Gasteiger partial charge is 0.497 e. The summed E-state index contributed by atoms with van der Waals surface area (Å²) in [5, 5.41) is 0. The summed E-state index contributed by atoms with van der Waals surface area (Å²) >= 11 is 0. The molecule has 1 fully saturated rings. The van der Waals surface area contributed by atoms with E-state index in [4.69, 9.17) is 4.74 Å². The SMILES string of the molecule is CC.CCCC1(CCC)CC(CCN(C)C(=O)C(c2cccc(OC)c2)C(F)(F)F)C1. The van der Waals surface area contributed by atoms with E-state index in [1.807, 2.05) is 13.8 Å². The molecule has 178 valence electrons. The van der Waals surface area contributed by atoms with E-state index in [0.717, 1.165) is 19.3 Å². The third-order valence-electron chi connectivity index (χ3n) is 6.25. The minimum absolute atomic E-state index is 0.0812. The molecule has 2 rings (SSSR count). The maximum Gasteiger partial charge on any atom is 0.404 e. The van der Waals surface area contributed by atoms with E-state index in [0.29, 0.717) is 23.6 Å². The molecule has 0 bridgehead atoms. The Morgan fingerprint density at radius 2 is 1.77 bits per heavy atom. The van der Waals surface area contributed by atoms with Gasteiger partial charge in [0.05, 0.1) is 7.11 Å². The molecule has 1 unspecified atom stereocenters. The van der Waals surface area contributed by atoms with Gasteiger partial charge in [0.25, 0.3) is 0 Å². The summed E-state index contributed by atoms with van der Waals surface area (Å²) in [5.41, 5.74) is 0.341. The third kappa shape index (κ3) is 7.43. The molecule has 0 aromatic heterocycles. The average Bonchev–Trinajstić information content (AvgIpc) is 2.71. The lowest BCUT2D eigenvalue weighted by molar-refractivity contribution is -0.171. The highest BCUT2D eigenvalue weighted by atomic mass is 19.4. The molecule has 1 aromatic rings. The summed E-state index contributed by atoms with van der Waals surface area (Å²) in [5.74, 6) is -2.25. The first-order valence-corrected chi connectivity index (χ1v) is 11.6. The monoisotopic (exact) mass is 443 g/mol. The van der Waals surface area contributed by atoms with Crippen LogP contribution in [0.2, 0.25) is 0 Å². The number of rotatable bonds is 10. The van der Waals surface area contributed by atoms with Crippen molar-refractivity contribution >= 4 is 5.91 Å². The number of halogens is 3. The number of methoxy groups -OCH3 is 1. The maximum atomic E-state index is 13.7. The molecule has 6 heteroatoms. The van der Waals surface area contributed by atoms with Gasteiger partial charge >= 0.3 is 6.18 Å². The highest BCUT2D eigenvalue weighted by molar-refractivity contribution is 5.84. The van der Waals surface area contributed by atoms with E-state index in [1.165, 1.54) is 62.9 Å². The second-order valence-electron chi connectivity index (χ2n) is 8.57. The van der Waals surface area contributed by atoms with E-state index in [9.17, 15) is 18.0 Å². The molecule has 1 aliphatic rings. The molecule has 0 spiro atoms. The van der Waals surface area contributed by atoms with Gasteiger partial charge in [0.2, 0.25) is 5.91 Å². The number of carbonyl (C=O) groups excluding carboxylic acids is 1. The van der Waals surface area contributed by atoms with Crippen LogP contribution in [0, 0.1) is 11.3 Å². The van der Waals surface area contributed by atoms with Crippen LogP contribution in [-0.4, -0.2) is 37.7 Å². The van der Waals surface area contributed by atoms with Gasteiger partial charge in [-0.3, -0.25) is 4.79 Å². The minimum Gasteiger partial charge on any atom is -0.497 e. The minimum atomic E-state index is -4.65. The molecule has 1 aliphatic carbocycles. The van der Waals surface area contributed by atoms with Crippen LogP contribution in [0.3, 0.4) is 0 Å². The predicted octanol–water partition coefficient (Wildman–Crippen LogP) is 7.21. The first-order chi connectivity index (χ1) is 14.7. The number of likely N-dealkylation sites (N-methyl/N-ethyl adjacent to an activating group) is 1. The van der Waals surface area contributed by atoms with Crippen molar-refractivity contribution in [2.45, 2.75) is 84.7 Å². The van der Waals surface area contributed by atoms with Crippen LogP contribution in [0.1, 0.15) is 84.1 Å². The van der Waals surface area contributed by atoms with Gasteiger partial charge in [-0.15, -0.1) is 0 Å². The normalized spacial score (nSPS) is 16.5. The predicted molar refractivity (Wildman–Crippen MR) is 120 cm³/mol. The van der Waals surface area contributed by atoms with Gasteiger partial charge in [-0.2, -0.15) is 13.2 Å². The van der Waals surface area contributed by atoms with E-state index in [-0.39, 0.29) is 5.56 Å². The van der Waals surface area contributed by atoms with Crippen LogP contribution in [-0.2, 0) is 4.79 Å². The van der Waals surface area contributed by atoms with Gasteiger partial charge in [-0.1, -0.05) is 52.7 Å². The van der Waals surface area contributed by atoms with Gasteiger partial charge in [-0.25, -0.2) is 0 Å². The molecule has 0 radical (unpaired) electrons. The molecule has 1 saturated carbocycles. The zero-order valence-corrected chi connectivity index (χ0v) is 20.0. The van der Waals surface area contributed by atoms with Crippen molar-refractivity contribution < 1.29 is 22.7 Å². The summed E-state index contributed by atoms with van der Waals surface area (Å²) in [7, 11) is 2.87. The van der Waals surface area contributed by atoms with Crippen LogP contribution >= 0.6 is 0 Å². The Morgan fingerprint density at radius 3 is 2.26 bits per heavy atom. The van der Waals surface area contributed by atoms with E-state index in [1.54, 1.807) is 6.07 Å². The summed E-state index contributed by atoms with van der Waals surface area (Å²) < 4.78 is 46.2. The van der Waals surface area contributed by atoms with Crippen molar-refractivity contribution in [3.8, 4) is 5.75 Å². The fourth-order valence-corrected chi connectivity index (χ4v) is 4.96. The lowest BCUT2D eigenvalue weighted by Gasteiger charge is -2.49. The van der Waals surface area contributed by atoms with Gasteiger partial charge in [0.15, 0.2) is 5.92 Å². The van der Waals surface area contributed by atoms with Crippen LogP contribution in [0.5, 0.6) is 5.75 Å². The number of hydrogen-bond donors (Lipinski definition) is 0. The Morgan fingerprint density at radius 1 is 1.19 bits per heavy atom. The highest BCUT2D eigenvalue weighted by Gasteiger charge is 2.47. The second kappa shape index (κ2) is 12.4. The fourth-order valence-electron chi connectivity index (χ4n) is 4.96. The first-order valence-electron chi connectivity index (χ1n) is 11.6. The van der Waals surface area contributed by atoms with Crippen LogP contribution in [0.15, 0.2) is 24.3 Å². The van der Waals surface area contributed by atoms with Crippen molar-refractivity contribution in [1.82, 2.24) is 4.90 Å². The third-order valence-corrected chi connectivity index (χ3v) is 6.25. The maximum absolute atomic E-state index is 13.7. The van der Waals surface area contributed by atoms with Crippen molar-refractivity contribution in [3.05, 3.63) is 29.8 Å². The number of alkyl halides is 3. The first kappa shape index (κ1) is 27.3. The zero-order chi connectivity index (χ0) is 23.7. The van der Waals surface area contributed by atoms with Crippen LogP contribution < -0.4 is 4.74 Å². The molecule has 1 aromatic carbocycles. The average molecular weight is 444 g/mol. The van der Waals surface area contributed by atoms with Gasteiger partial charge < -0.3 is 9.64 Å². The summed E-state index contributed by atoms with van der Waals surface area (Å²) in [6.07, 6.45) is 3.16. The molecular weight excluding hydrogens is 403 g/mol. The van der Waals surface area contributed by atoms with Crippen molar-refractivity contribution in [1.29, 1.82) is 0 Å². The lowest BCUT2D eigenvalue weighted by Crippen LogP contribution is -2.42. The number of ether oxygens (including phenoxy) is 1. The molecule has 1 atom stereocenters. The molecule has 0 saturated heterocycles. The topological polar surface area (TPSA) is 29.5 Å². The van der Waals surface area contributed by atoms with E-state index >= 15 is 0 Å². The summed E-state index contributed by atoms with van der Waals surface area (Å²) in [6.45, 7) is 8.76. The van der Waals surface area contributed by atoms with Crippen molar-refractivity contribution in [2.75, 3.05) is 20.7 Å². The standard InChI is InChI=1S/C23H34F3NO2.C2H6/c1-5-11-22(12-6-2)15-17(16-22)10-13-27(3)21(28)20(23(24,25)26)18-8-7-9-19(14-18)29-4;1-2/h7-9,14,17,20H,5-6,10-13,15-16H2,1-4H3;1-2H3. The van der Waals surface area contributed by atoms with Gasteiger partial charge in [0.1, 0.15) is 5.75 Å². The highest BCUT2D eigenvalue weighted by Crippen LogP contribution is 2.53. The number of hydrogen-bond acceptors (Lipinski definition) is 2. The zero-order valence-electron chi connectivity index (χ0n) is 20.0. The van der Waals surface area contributed by atoms with E-state index < -0.39 is 18.0 Å². The smallest absolute Gasteiger partial charge is 0.404 e. The number of carbonyl (C=O) groups is 1. The number of nitrogens with zero attached hydrogens (tertiary/aromatic N) is 1. The quantitative estimate of drug-likeness (QED) is 0.382. The van der Waals surface area contributed by atoms with Crippen LogP contribution in [0.4, 0.5) is 13.2 Å². The summed E-state index contributed by atoms with van der Waals surface area (Å²) in [4.78, 5) is 14.0. The Kier molecular flexibility index (Phi) is 10.9. The molecule has 0 N–H and O–H groups in total. The number of amides is 1. The molecule has 3 nitrogen and oxygen atoms in total. The number of benzene rings is 1. The van der Waals surface area contributed by atoms with Crippen molar-refractivity contribution in [2.24, 2.45) is 11.3 Å². The molecule has 0 aliphatic heterocycles. The van der Waals surface area contributed by atoms with Crippen molar-refractivity contribution in [3.63, 3.8) is 0 Å². The molecule has 1 amide bonds. The second-order valence-corrected chi connectivity index (χ2v) is 8.57.